The van der Waals surface area contributed by atoms with E-state index in [0.29, 0.717) is 6.42 Å². The number of carboxylic acid groups (broad SMARTS) is 1. The van der Waals surface area contributed by atoms with Gasteiger partial charge in [0.1, 0.15) is 6.61 Å². The second kappa shape index (κ2) is 9.40. The van der Waals surface area contributed by atoms with Gasteiger partial charge < -0.3 is 20.0 Å². The minimum Gasteiger partial charge on any atom is -0.550 e. The molecule has 34 heavy (non-hydrogen) atoms. The predicted octanol–water partition coefficient (Wildman–Crippen LogP) is 4.43. The van der Waals surface area contributed by atoms with Crippen LogP contribution in [0.5, 0.6) is 0 Å². The Kier molecular flexibility index (Phi) is 6.00. The second-order valence-electron chi connectivity index (χ2n) is 8.63. The molecule has 0 aliphatic heterocycles. The molecule has 0 saturated heterocycles. The van der Waals surface area contributed by atoms with Gasteiger partial charge in [-0.15, -0.1) is 0 Å². The van der Waals surface area contributed by atoms with Crippen molar-refractivity contribution in [2.24, 2.45) is 0 Å². The van der Waals surface area contributed by atoms with Crippen LogP contribution in [-0.2, 0) is 16.0 Å². The maximum atomic E-state index is 12.7. The standard InChI is InChI=1S/C29H25NO4/c31-28(32)17-22(16-19-13-14-20-7-1-2-8-21(20)15-19)30-29(33)34-18-27-25-11-5-3-9-23(25)24-10-4-6-12-26(24)27/h1-15,22,27H,16-18H2,(H,30,33)(H,31,32)/p-1/t22-/m1/s1. The van der Waals surface area contributed by atoms with E-state index in [1.54, 1.807) is 0 Å². The monoisotopic (exact) mass is 450 g/mol. The van der Waals surface area contributed by atoms with Crippen LogP contribution in [0.3, 0.4) is 0 Å². The molecular weight excluding hydrogens is 426 g/mol. The van der Waals surface area contributed by atoms with Gasteiger partial charge in [-0.25, -0.2) is 4.79 Å². The van der Waals surface area contributed by atoms with E-state index >= 15 is 0 Å². The number of aliphatic carboxylic acids is 1. The zero-order chi connectivity index (χ0) is 23.5. The van der Waals surface area contributed by atoms with Gasteiger partial charge in [-0.1, -0.05) is 91.0 Å². The lowest BCUT2D eigenvalue weighted by molar-refractivity contribution is -0.306. The van der Waals surface area contributed by atoms with Crippen LogP contribution in [0.2, 0.25) is 0 Å². The third kappa shape index (κ3) is 4.50. The summed E-state index contributed by atoms with van der Waals surface area (Å²) in [5.74, 6) is -1.28. The third-order valence-electron chi connectivity index (χ3n) is 6.37. The largest absolute Gasteiger partial charge is 0.550 e. The van der Waals surface area contributed by atoms with Crippen LogP contribution >= 0.6 is 0 Å². The summed E-state index contributed by atoms with van der Waals surface area (Å²) in [6.07, 6.45) is -0.561. The summed E-state index contributed by atoms with van der Waals surface area (Å²) in [6.45, 7) is 0.174. The average Bonchev–Trinajstić information content (AvgIpc) is 3.16. The van der Waals surface area contributed by atoms with Crippen molar-refractivity contribution in [2.45, 2.75) is 24.8 Å². The van der Waals surface area contributed by atoms with Crippen molar-refractivity contribution in [2.75, 3.05) is 6.61 Å². The van der Waals surface area contributed by atoms with Crippen LogP contribution in [0.4, 0.5) is 4.79 Å². The van der Waals surface area contributed by atoms with Crippen molar-refractivity contribution in [1.29, 1.82) is 0 Å². The van der Waals surface area contributed by atoms with Gasteiger partial charge in [0, 0.05) is 24.3 Å². The molecule has 0 saturated carbocycles. The van der Waals surface area contributed by atoms with Gasteiger partial charge in [0.05, 0.1) is 0 Å². The molecule has 1 N–H and O–H groups in total. The average molecular weight is 451 g/mol. The second-order valence-corrected chi connectivity index (χ2v) is 8.63. The Balaban J connectivity index is 1.27. The molecule has 0 spiro atoms. The van der Waals surface area contributed by atoms with E-state index in [1.807, 2.05) is 66.7 Å². The van der Waals surface area contributed by atoms with Crippen molar-refractivity contribution in [3.63, 3.8) is 0 Å². The summed E-state index contributed by atoms with van der Waals surface area (Å²) < 4.78 is 5.60. The number of carboxylic acids is 1. The summed E-state index contributed by atoms with van der Waals surface area (Å²) in [5, 5.41) is 16.2. The number of hydrogen-bond donors (Lipinski definition) is 1. The number of alkyl carbamates (subject to hydrolysis) is 1. The van der Waals surface area contributed by atoms with Crippen LogP contribution in [0.15, 0.2) is 91.0 Å². The van der Waals surface area contributed by atoms with E-state index in [1.165, 1.54) is 0 Å². The number of ether oxygens (including phenoxy) is 1. The van der Waals surface area contributed by atoms with E-state index in [-0.39, 0.29) is 18.9 Å². The molecule has 0 unspecified atom stereocenters. The van der Waals surface area contributed by atoms with E-state index in [4.69, 9.17) is 4.74 Å². The molecule has 1 aliphatic carbocycles. The molecule has 0 fully saturated rings. The number of carbonyl (C=O) groups excluding carboxylic acids is 2. The molecule has 5 nitrogen and oxygen atoms in total. The van der Waals surface area contributed by atoms with E-state index < -0.39 is 18.1 Å². The molecule has 0 bridgehead atoms. The highest BCUT2D eigenvalue weighted by Gasteiger charge is 2.29. The zero-order valence-corrected chi connectivity index (χ0v) is 18.6. The molecule has 1 aliphatic rings. The van der Waals surface area contributed by atoms with Gasteiger partial charge in [0.15, 0.2) is 0 Å². The fraction of sp³-hybridized carbons (Fsp3) is 0.172. The van der Waals surface area contributed by atoms with Crippen molar-refractivity contribution >= 4 is 22.8 Å². The van der Waals surface area contributed by atoms with Crippen molar-refractivity contribution in [3.8, 4) is 11.1 Å². The molecule has 170 valence electrons. The highest BCUT2D eigenvalue weighted by atomic mass is 16.5. The number of fused-ring (bicyclic) bond motifs is 4. The lowest BCUT2D eigenvalue weighted by Gasteiger charge is -2.21. The summed E-state index contributed by atoms with van der Waals surface area (Å²) in [6, 6.07) is 29.5. The lowest BCUT2D eigenvalue weighted by atomic mass is 9.98. The Morgan fingerprint density at radius 2 is 1.44 bits per heavy atom. The smallest absolute Gasteiger partial charge is 0.407 e. The molecule has 4 aromatic rings. The van der Waals surface area contributed by atoms with E-state index in [0.717, 1.165) is 38.6 Å². The first kappa shape index (κ1) is 21.7. The van der Waals surface area contributed by atoms with Gasteiger partial charge in [0.2, 0.25) is 0 Å². The number of benzene rings is 4. The molecule has 0 heterocycles. The third-order valence-corrected chi connectivity index (χ3v) is 6.37. The molecule has 4 aromatic carbocycles. The topological polar surface area (TPSA) is 78.5 Å². The van der Waals surface area contributed by atoms with Crippen molar-refractivity contribution in [1.82, 2.24) is 5.32 Å². The van der Waals surface area contributed by atoms with Gasteiger partial charge in [-0.05, 0) is 45.0 Å². The number of carbonyl (C=O) groups is 2. The minimum absolute atomic E-state index is 0.0572. The van der Waals surface area contributed by atoms with Gasteiger partial charge in [-0.3, -0.25) is 0 Å². The van der Waals surface area contributed by atoms with Crippen molar-refractivity contribution in [3.05, 3.63) is 108 Å². The van der Waals surface area contributed by atoms with Crippen LogP contribution in [0.1, 0.15) is 29.0 Å². The normalized spacial score (nSPS) is 13.2. The zero-order valence-electron chi connectivity index (χ0n) is 18.6. The molecule has 0 aromatic heterocycles. The van der Waals surface area contributed by atoms with Gasteiger partial charge in [-0.2, -0.15) is 0 Å². The predicted molar refractivity (Wildman–Crippen MR) is 129 cm³/mol. The summed E-state index contributed by atoms with van der Waals surface area (Å²) in [7, 11) is 0. The molecular formula is C29H24NO4-. The molecule has 5 rings (SSSR count). The van der Waals surface area contributed by atoms with Gasteiger partial charge >= 0.3 is 6.09 Å². The van der Waals surface area contributed by atoms with Crippen LogP contribution in [-0.4, -0.2) is 24.7 Å². The van der Waals surface area contributed by atoms with Crippen LogP contribution in [0.25, 0.3) is 21.9 Å². The maximum absolute atomic E-state index is 12.7. The summed E-state index contributed by atoms with van der Waals surface area (Å²) in [5.41, 5.74) is 5.48. The van der Waals surface area contributed by atoms with Crippen LogP contribution < -0.4 is 10.4 Å². The molecule has 0 radical (unpaired) electrons. The lowest BCUT2D eigenvalue weighted by Crippen LogP contribution is -2.41. The Hall–Kier alpha value is -4.12. The van der Waals surface area contributed by atoms with Gasteiger partial charge in [0.25, 0.3) is 0 Å². The molecule has 1 atom stereocenters. The summed E-state index contributed by atoms with van der Waals surface area (Å²) in [4.78, 5) is 24.0. The van der Waals surface area contributed by atoms with Crippen LogP contribution in [0, 0.1) is 0 Å². The fourth-order valence-corrected chi connectivity index (χ4v) is 4.83. The van der Waals surface area contributed by atoms with E-state index in [2.05, 4.69) is 29.6 Å². The quantitative estimate of drug-likeness (QED) is 0.452. The van der Waals surface area contributed by atoms with E-state index in [9.17, 15) is 14.7 Å². The highest BCUT2D eigenvalue weighted by molar-refractivity contribution is 5.83. The number of hydrogen-bond acceptors (Lipinski definition) is 4. The number of rotatable bonds is 7. The minimum atomic E-state index is -1.22. The molecule has 5 heteroatoms. The maximum Gasteiger partial charge on any atom is 0.407 e. The Morgan fingerprint density at radius 1 is 0.824 bits per heavy atom. The first-order valence-electron chi connectivity index (χ1n) is 11.4. The summed E-state index contributed by atoms with van der Waals surface area (Å²) >= 11 is 0. The first-order chi connectivity index (χ1) is 16.6. The number of amides is 1. The Bertz CT molecular complexity index is 1320. The Morgan fingerprint density at radius 3 is 2.12 bits per heavy atom. The highest BCUT2D eigenvalue weighted by Crippen LogP contribution is 2.44. The van der Waals surface area contributed by atoms with Crippen molar-refractivity contribution < 1.29 is 19.4 Å². The SMILES string of the molecule is O=C([O-])C[C@@H](Cc1ccc2ccccc2c1)NC(=O)OCC1c2ccccc2-c2ccccc21. The first-order valence-corrected chi connectivity index (χ1v) is 11.4. The molecule has 1 amide bonds. The fourth-order valence-electron chi connectivity index (χ4n) is 4.83. The number of nitrogens with one attached hydrogen (secondary N) is 1. The Labute approximate surface area is 198 Å².